The Bertz CT molecular complexity index is 490. The maximum absolute atomic E-state index is 4.53. The molecule has 2 aromatic rings. The summed E-state index contributed by atoms with van der Waals surface area (Å²) in [5.74, 6) is 1.17. The lowest BCUT2D eigenvalue weighted by Crippen LogP contribution is -2.24. The fraction of sp³-hybridized carbons (Fsp3) is 0.471. The lowest BCUT2D eigenvalue weighted by atomic mass is 10.0. The van der Waals surface area contributed by atoms with Gasteiger partial charge >= 0.3 is 0 Å². The number of nitrogens with zero attached hydrogens (tertiary/aromatic N) is 2. The molecule has 0 fully saturated rings. The van der Waals surface area contributed by atoms with E-state index >= 15 is 0 Å². The number of rotatable bonds is 8. The molecule has 1 N–H and O–H groups in total. The van der Waals surface area contributed by atoms with Gasteiger partial charge in [-0.1, -0.05) is 37.3 Å². The first kappa shape index (κ1) is 14.8. The van der Waals surface area contributed by atoms with E-state index in [0.717, 1.165) is 25.9 Å². The van der Waals surface area contributed by atoms with Gasteiger partial charge in [0.2, 0.25) is 0 Å². The van der Waals surface area contributed by atoms with E-state index in [9.17, 15) is 0 Å². The first-order valence-corrected chi connectivity index (χ1v) is 7.63. The predicted octanol–water partition coefficient (Wildman–Crippen LogP) is 3.58. The Hall–Kier alpha value is -1.61. The summed E-state index contributed by atoms with van der Waals surface area (Å²) in [7, 11) is 0. The number of hydrogen-bond acceptors (Lipinski definition) is 2. The zero-order chi connectivity index (χ0) is 14.2. The van der Waals surface area contributed by atoms with Crippen LogP contribution in [0.3, 0.4) is 0 Å². The van der Waals surface area contributed by atoms with Crippen LogP contribution in [0.25, 0.3) is 0 Å². The van der Waals surface area contributed by atoms with E-state index in [1.165, 1.54) is 17.8 Å². The number of imidazole rings is 1. The van der Waals surface area contributed by atoms with Gasteiger partial charge in [-0.2, -0.15) is 0 Å². The number of benzene rings is 1. The van der Waals surface area contributed by atoms with E-state index in [1.807, 2.05) is 6.20 Å². The van der Waals surface area contributed by atoms with Crippen molar-refractivity contribution in [1.82, 2.24) is 14.9 Å². The third-order valence-electron chi connectivity index (χ3n) is 3.65. The SMILES string of the molecule is CCNC(CCCc1ccccc1)c1nccn1CC. The summed E-state index contributed by atoms with van der Waals surface area (Å²) in [6.07, 6.45) is 7.41. The average Bonchev–Trinajstić information content (AvgIpc) is 2.96. The summed E-state index contributed by atoms with van der Waals surface area (Å²) in [5.41, 5.74) is 1.42. The Morgan fingerprint density at radius 1 is 1.20 bits per heavy atom. The van der Waals surface area contributed by atoms with Crippen molar-refractivity contribution < 1.29 is 0 Å². The minimum absolute atomic E-state index is 0.360. The minimum Gasteiger partial charge on any atom is -0.334 e. The lowest BCUT2D eigenvalue weighted by Gasteiger charge is -2.18. The molecule has 3 nitrogen and oxygen atoms in total. The molecular formula is C17H25N3. The van der Waals surface area contributed by atoms with Gasteiger partial charge in [-0.05, 0) is 38.3 Å². The normalized spacial score (nSPS) is 12.5. The quantitative estimate of drug-likeness (QED) is 0.795. The summed E-state index contributed by atoms with van der Waals surface area (Å²) >= 11 is 0. The highest BCUT2D eigenvalue weighted by Gasteiger charge is 2.14. The minimum atomic E-state index is 0.360. The van der Waals surface area contributed by atoms with Gasteiger partial charge in [0.1, 0.15) is 5.82 Å². The number of hydrogen-bond donors (Lipinski definition) is 1. The highest BCUT2D eigenvalue weighted by atomic mass is 15.1. The zero-order valence-corrected chi connectivity index (χ0v) is 12.5. The average molecular weight is 271 g/mol. The van der Waals surface area contributed by atoms with Crippen LogP contribution in [0, 0.1) is 0 Å². The van der Waals surface area contributed by atoms with Crippen molar-refractivity contribution in [2.75, 3.05) is 6.54 Å². The number of aromatic nitrogens is 2. The van der Waals surface area contributed by atoms with Crippen LogP contribution in [-0.2, 0) is 13.0 Å². The second kappa shape index (κ2) is 7.85. The van der Waals surface area contributed by atoms with E-state index in [-0.39, 0.29) is 0 Å². The van der Waals surface area contributed by atoms with Gasteiger partial charge < -0.3 is 9.88 Å². The first-order chi connectivity index (χ1) is 9.85. The largest absolute Gasteiger partial charge is 0.334 e. The van der Waals surface area contributed by atoms with Crippen molar-refractivity contribution in [3.05, 3.63) is 54.1 Å². The maximum Gasteiger partial charge on any atom is 0.125 e. The van der Waals surface area contributed by atoms with Crippen LogP contribution >= 0.6 is 0 Å². The van der Waals surface area contributed by atoms with Gasteiger partial charge in [0.15, 0.2) is 0 Å². The summed E-state index contributed by atoms with van der Waals surface area (Å²) in [5, 5.41) is 3.56. The molecule has 0 aliphatic carbocycles. The Kier molecular flexibility index (Phi) is 5.81. The summed E-state index contributed by atoms with van der Waals surface area (Å²) in [6, 6.07) is 11.1. The second-order valence-electron chi connectivity index (χ2n) is 5.06. The molecule has 1 atom stereocenters. The smallest absolute Gasteiger partial charge is 0.125 e. The van der Waals surface area contributed by atoms with Crippen molar-refractivity contribution in [3.8, 4) is 0 Å². The third kappa shape index (κ3) is 3.94. The monoisotopic (exact) mass is 271 g/mol. The van der Waals surface area contributed by atoms with E-state index in [4.69, 9.17) is 0 Å². The second-order valence-corrected chi connectivity index (χ2v) is 5.06. The Labute approximate surface area is 122 Å². The molecule has 1 heterocycles. The Morgan fingerprint density at radius 3 is 2.70 bits per heavy atom. The molecule has 0 radical (unpaired) electrons. The molecule has 0 aliphatic heterocycles. The first-order valence-electron chi connectivity index (χ1n) is 7.63. The number of nitrogens with one attached hydrogen (secondary N) is 1. The van der Waals surface area contributed by atoms with Gasteiger partial charge in [0.05, 0.1) is 6.04 Å². The van der Waals surface area contributed by atoms with Crippen molar-refractivity contribution in [3.63, 3.8) is 0 Å². The Morgan fingerprint density at radius 2 is 2.00 bits per heavy atom. The van der Waals surface area contributed by atoms with Gasteiger partial charge in [0.25, 0.3) is 0 Å². The van der Waals surface area contributed by atoms with Crippen LogP contribution in [0.5, 0.6) is 0 Å². The van der Waals surface area contributed by atoms with E-state index < -0.39 is 0 Å². The van der Waals surface area contributed by atoms with E-state index in [1.54, 1.807) is 0 Å². The molecule has 108 valence electrons. The van der Waals surface area contributed by atoms with Crippen molar-refractivity contribution in [2.24, 2.45) is 0 Å². The molecule has 2 rings (SSSR count). The summed E-state index contributed by atoms with van der Waals surface area (Å²) < 4.78 is 2.23. The molecule has 0 saturated heterocycles. The van der Waals surface area contributed by atoms with Gasteiger partial charge in [-0.25, -0.2) is 4.98 Å². The molecule has 0 spiro atoms. The van der Waals surface area contributed by atoms with Gasteiger partial charge in [-0.15, -0.1) is 0 Å². The lowest BCUT2D eigenvalue weighted by molar-refractivity contribution is 0.457. The maximum atomic E-state index is 4.53. The van der Waals surface area contributed by atoms with Crippen molar-refractivity contribution in [2.45, 2.75) is 45.7 Å². The number of aryl methyl sites for hydroxylation is 2. The third-order valence-corrected chi connectivity index (χ3v) is 3.65. The van der Waals surface area contributed by atoms with Gasteiger partial charge in [0, 0.05) is 18.9 Å². The zero-order valence-electron chi connectivity index (χ0n) is 12.5. The molecule has 1 aromatic carbocycles. The molecule has 0 amide bonds. The van der Waals surface area contributed by atoms with Crippen LogP contribution in [0.1, 0.15) is 44.1 Å². The van der Waals surface area contributed by atoms with Crippen LogP contribution in [0.15, 0.2) is 42.7 Å². The standard InChI is InChI=1S/C17H25N3/c1-3-18-16(17-19-13-14-20(17)4-2)12-8-11-15-9-6-5-7-10-15/h5-7,9-10,13-14,16,18H,3-4,8,11-12H2,1-2H3. The van der Waals surface area contributed by atoms with Crippen LogP contribution in [0.2, 0.25) is 0 Å². The molecular weight excluding hydrogens is 246 g/mol. The van der Waals surface area contributed by atoms with Crippen LogP contribution in [-0.4, -0.2) is 16.1 Å². The summed E-state index contributed by atoms with van der Waals surface area (Å²) in [4.78, 5) is 4.53. The fourth-order valence-corrected chi connectivity index (χ4v) is 2.62. The fourth-order valence-electron chi connectivity index (χ4n) is 2.62. The van der Waals surface area contributed by atoms with Crippen LogP contribution in [0.4, 0.5) is 0 Å². The van der Waals surface area contributed by atoms with Crippen LogP contribution < -0.4 is 5.32 Å². The molecule has 1 aromatic heterocycles. The van der Waals surface area contributed by atoms with E-state index in [2.05, 4.69) is 65.2 Å². The molecule has 0 bridgehead atoms. The molecule has 3 heteroatoms. The molecule has 1 unspecified atom stereocenters. The van der Waals surface area contributed by atoms with Crippen molar-refractivity contribution >= 4 is 0 Å². The predicted molar refractivity (Wildman–Crippen MR) is 83.7 cm³/mol. The van der Waals surface area contributed by atoms with Gasteiger partial charge in [-0.3, -0.25) is 0 Å². The molecule has 20 heavy (non-hydrogen) atoms. The Balaban J connectivity index is 1.93. The van der Waals surface area contributed by atoms with E-state index in [0.29, 0.717) is 6.04 Å². The molecule has 0 saturated carbocycles. The van der Waals surface area contributed by atoms with Crippen molar-refractivity contribution in [1.29, 1.82) is 0 Å². The topological polar surface area (TPSA) is 29.9 Å². The highest BCUT2D eigenvalue weighted by molar-refractivity contribution is 5.14. The molecule has 0 aliphatic rings. The summed E-state index contributed by atoms with van der Waals surface area (Å²) in [6.45, 7) is 6.28. The highest BCUT2D eigenvalue weighted by Crippen LogP contribution is 2.18.